The predicted octanol–water partition coefficient (Wildman–Crippen LogP) is 1.45. The van der Waals surface area contributed by atoms with Gasteiger partial charge in [0.05, 0.1) is 5.69 Å². The molecule has 7 heteroatoms. The van der Waals surface area contributed by atoms with Gasteiger partial charge in [-0.25, -0.2) is 0 Å². The van der Waals surface area contributed by atoms with E-state index in [-0.39, 0.29) is 31.9 Å². The average molecular weight is 451 g/mol. The first-order chi connectivity index (χ1) is 15.0. The summed E-state index contributed by atoms with van der Waals surface area (Å²) in [7, 11) is 14.3. The fraction of sp³-hybridized carbons (Fsp3) is 0.593. The lowest BCUT2D eigenvalue weighted by molar-refractivity contribution is 0.335. The van der Waals surface area contributed by atoms with Crippen LogP contribution in [0.5, 0.6) is 0 Å². The van der Waals surface area contributed by atoms with Crippen LogP contribution in [0, 0.1) is 23.2 Å². The Morgan fingerprint density at radius 2 is 1.03 bits per heavy atom. The van der Waals surface area contributed by atoms with Gasteiger partial charge in [-0.1, -0.05) is 107 Å². The van der Waals surface area contributed by atoms with Crippen LogP contribution in [0.25, 0.3) is 11.3 Å². The number of rotatable bonds is 4. The molecule has 0 N–H and O–H groups in total. The van der Waals surface area contributed by atoms with Gasteiger partial charge in [0.1, 0.15) is 47.1 Å². The highest BCUT2D eigenvalue weighted by molar-refractivity contribution is 6.43. The monoisotopic (exact) mass is 451 g/mol. The molecule has 0 fully saturated rings. The molecule has 2 aromatic rings. The average Bonchev–Trinajstić information content (AvgIpc) is 2.64. The van der Waals surface area contributed by atoms with E-state index in [0.717, 1.165) is 5.69 Å². The van der Waals surface area contributed by atoms with E-state index < -0.39 is 0 Å². The molecule has 0 unspecified atom stereocenters. The Hall–Kier alpha value is -1.24. The standard InChI is InChI=1S/C27H47B6N/c1-16-13-17(25(28,29)22(2,3)4)11-12-18(16)21-14-19(26(30,31)23(5,6)7)20(15-34-21)27(32,33)24(8,9)10/h11-15H,28-33H2,1-10H3. The molecule has 0 aliphatic heterocycles. The smallest absolute Gasteiger partial charge is 0.105 e. The summed E-state index contributed by atoms with van der Waals surface area (Å²) in [5.41, 5.74) is 8.21. The maximum Gasteiger partial charge on any atom is 0.105 e. The number of hydrogen-bond acceptors (Lipinski definition) is 1. The van der Waals surface area contributed by atoms with Crippen LogP contribution in [0.1, 0.15) is 84.6 Å². The molecule has 0 saturated heterocycles. The Bertz CT molecular complexity index is 1050. The molecule has 34 heavy (non-hydrogen) atoms. The molecular formula is C27H47B6N. The minimum absolute atomic E-state index is 0.00792. The molecule has 2 rings (SSSR count). The van der Waals surface area contributed by atoms with Crippen LogP contribution in [0.2, 0.25) is 0 Å². The van der Waals surface area contributed by atoms with Gasteiger partial charge in [0.25, 0.3) is 0 Å². The molecule has 1 aromatic heterocycles. The van der Waals surface area contributed by atoms with E-state index in [9.17, 15) is 0 Å². The van der Waals surface area contributed by atoms with E-state index in [1.165, 1.54) is 27.8 Å². The van der Waals surface area contributed by atoms with Gasteiger partial charge in [-0.2, -0.15) is 0 Å². The zero-order chi connectivity index (χ0) is 26.7. The maximum absolute atomic E-state index is 5.09. The van der Waals surface area contributed by atoms with Gasteiger partial charge in [0, 0.05) is 11.8 Å². The molecular weight excluding hydrogens is 403 g/mol. The fourth-order valence-electron chi connectivity index (χ4n) is 4.20. The Kier molecular flexibility index (Phi) is 7.42. The molecule has 1 nitrogen and oxygen atoms in total. The molecule has 0 aliphatic rings. The molecule has 178 valence electrons. The normalized spacial score (nSPS) is 14.3. The molecule has 1 heterocycles. The summed E-state index contributed by atoms with van der Waals surface area (Å²) in [5, 5.41) is 0.0698. The van der Waals surface area contributed by atoms with E-state index in [1.54, 1.807) is 0 Å². The lowest BCUT2D eigenvalue weighted by Crippen LogP contribution is -2.47. The molecule has 0 atom stereocenters. The second-order valence-electron chi connectivity index (χ2n) is 15.3. The van der Waals surface area contributed by atoms with E-state index in [0.29, 0.717) is 0 Å². The molecule has 0 bridgehead atoms. The summed E-state index contributed by atoms with van der Waals surface area (Å²) in [6, 6.07) is 9.38. The van der Waals surface area contributed by atoms with E-state index in [1.807, 2.05) is 0 Å². The summed E-state index contributed by atoms with van der Waals surface area (Å²) < 4.78 is 0. The van der Waals surface area contributed by atoms with Crippen molar-refractivity contribution in [2.75, 3.05) is 0 Å². The van der Waals surface area contributed by atoms with E-state index in [4.69, 9.17) is 4.98 Å². The van der Waals surface area contributed by atoms with Gasteiger partial charge in [-0.3, -0.25) is 4.98 Å². The van der Waals surface area contributed by atoms with Gasteiger partial charge < -0.3 is 0 Å². The first-order valence-electron chi connectivity index (χ1n) is 13.1. The van der Waals surface area contributed by atoms with E-state index in [2.05, 4.69) is 147 Å². The van der Waals surface area contributed by atoms with Gasteiger partial charge in [-0.15, -0.1) is 0 Å². The van der Waals surface area contributed by atoms with Gasteiger partial charge in [-0.05, 0) is 40.4 Å². The number of aryl methyl sites for hydroxylation is 1. The fourth-order valence-corrected chi connectivity index (χ4v) is 4.20. The summed E-state index contributed by atoms with van der Waals surface area (Å²) in [6.45, 7) is 23.3. The Balaban J connectivity index is 2.78. The third-order valence-corrected chi connectivity index (χ3v) is 10.1. The zero-order valence-corrected chi connectivity index (χ0v) is 25.3. The van der Waals surface area contributed by atoms with E-state index >= 15 is 0 Å². The van der Waals surface area contributed by atoms with Crippen LogP contribution in [0.3, 0.4) is 0 Å². The van der Waals surface area contributed by atoms with Crippen LogP contribution in [-0.2, 0) is 15.6 Å². The Labute approximate surface area is 216 Å². The zero-order valence-electron chi connectivity index (χ0n) is 25.3. The molecule has 0 radical (unpaired) electrons. The molecule has 0 aliphatic carbocycles. The molecule has 0 amide bonds. The quantitative estimate of drug-likeness (QED) is 0.643. The number of nitrogens with zero attached hydrogens (tertiary/aromatic N) is 1. The summed E-state index contributed by atoms with van der Waals surface area (Å²) >= 11 is 0. The van der Waals surface area contributed by atoms with Crippen molar-refractivity contribution in [2.24, 2.45) is 16.2 Å². The van der Waals surface area contributed by atoms with Crippen molar-refractivity contribution in [3.8, 4) is 11.3 Å². The van der Waals surface area contributed by atoms with Crippen molar-refractivity contribution in [1.29, 1.82) is 0 Å². The largest absolute Gasteiger partial charge is 0.256 e. The summed E-state index contributed by atoms with van der Waals surface area (Å²) in [5.74, 6) is 0. The minimum Gasteiger partial charge on any atom is -0.256 e. The van der Waals surface area contributed by atoms with Crippen molar-refractivity contribution in [3.63, 3.8) is 0 Å². The van der Waals surface area contributed by atoms with Gasteiger partial charge in [0.2, 0.25) is 0 Å². The van der Waals surface area contributed by atoms with Crippen molar-refractivity contribution >= 4 is 47.1 Å². The number of pyridine rings is 1. The highest BCUT2D eigenvalue weighted by atomic mass is 14.7. The van der Waals surface area contributed by atoms with Gasteiger partial charge >= 0.3 is 0 Å². The SMILES string of the molecule is BC(B)(c1ccc(-c2cc(C(B)(B)C(C)(C)C)c(C(B)(B)C(C)(C)C)cn2)c(C)c1)C(C)(C)C. The van der Waals surface area contributed by atoms with Crippen LogP contribution >= 0.6 is 0 Å². The summed E-state index contributed by atoms with van der Waals surface area (Å²) in [6.07, 6.45) is 2.18. The Morgan fingerprint density at radius 1 is 0.588 bits per heavy atom. The van der Waals surface area contributed by atoms with Crippen molar-refractivity contribution < 1.29 is 0 Å². The number of hydrogen-bond donors (Lipinski definition) is 0. The third kappa shape index (κ3) is 5.01. The van der Waals surface area contributed by atoms with Crippen molar-refractivity contribution in [1.82, 2.24) is 4.98 Å². The predicted molar refractivity (Wildman–Crippen MR) is 169 cm³/mol. The molecule has 0 saturated carbocycles. The van der Waals surface area contributed by atoms with Crippen LogP contribution in [-0.4, -0.2) is 52.1 Å². The third-order valence-electron chi connectivity index (χ3n) is 10.1. The first kappa shape index (κ1) is 29.0. The molecule has 1 aromatic carbocycles. The van der Waals surface area contributed by atoms with Crippen LogP contribution in [0.15, 0.2) is 30.5 Å². The van der Waals surface area contributed by atoms with Gasteiger partial charge in [0.15, 0.2) is 0 Å². The second kappa shape index (κ2) is 8.70. The lowest BCUT2D eigenvalue weighted by atomic mass is 9.35. The minimum atomic E-state index is -0.00931. The second-order valence-corrected chi connectivity index (χ2v) is 15.3. The summed E-state index contributed by atoms with van der Waals surface area (Å²) in [4.78, 5) is 5.09. The number of aromatic nitrogens is 1. The number of benzene rings is 1. The van der Waals surface area contributed by atoms with Crippen LogP contribution < -0.4 is 0 Å². The maximum atomic E-state index is 5.09. The lowest BCUT2D eigenvalue weighted by Gasteiger charge is -2.47. The van der Waals surface area contributed by atoms with Crippen molar-refractivity contribution in [2.45, 2.75) is 84.9 Å². The van der Waals surface area contributed by atoms with Crippen molar-refractivity contribution in [3.05, 3.63) is 52.7 Å². The molecule has 0 spiro atoms. The highest BCUT2D eigenvalue weighted by Crippen LogP contribution is 2.45. The highest BCUT2D eigenvalue weighted by Gasteiger charge is 2.42. The topological polar surface area (TPSA) is 12.9 Å². The van der Waals surface area contributed by atoms with Crippen LogP contribution in [0.4, 0.5) is 0 Å². The Morgan fingerprint density at radius 3 is 1.44 bits per heavy atom. The first-order valence-corrected chi connectivity index (χ1v) is 13.1.